The van der Waals surface area contributed by atoms with Gasteiger partial charge in [-0.2, -0.15) is 0 Å². The monoisotopic (exact) mass is 323 g/mol. The van der Waals surface area contributed by atoms with Gasteiger partial charge in [0.1, 0.15) is 18.1 Å². The molecule has 0 saturated heterocycles. The lowest BCUT2D eigenvalue weighted by molar-refractivity contribution is -0.124. The quantitative estimate of drug-likeness (QED) is 0.920. The predicted molar refractivity (Wildman–Crippen MR) is 75.6 cm³/mol. The van der Waals surface area contributed by atoms with Crippen molar-refractivity contribution >= 4 is 21.8 Å². The van der Waals surface area contributed by atoms with Crippen molar-refractivity contribution in [1.29, 1.82) is 0 Å². The first kappa shape index (κ1) is 13.8. The molecule has 1 N–H and O–H groups in total. The maximum Gasteiger partial charge on any atom is 0.246 e. The van der Waals surface area contributed by atoms with E-state index in [1.807, 2.05) is 36.4 Å². The molecule has 0 aliphatic carbocycles. The third kappa shape index (κ3) is 3.94. The molecule has 0 aliphatic heterocycles. The van der Waals surface area contributed by atoms with Gasteiger partial charge in [0.25, 0.3) is 0 Å². The van der Waals surface area contributed by atoms with Gasteiger partial charge in [-0.3, -0.25) is 4.79 Å². The van der Waals surface area contributed by atoms with E-state index >= 15 is 0 Å². The molecule has 5 heteroatoms. The summed E-state index contributed by atoms with van der Waals surface area (Å²) < 4.78 is 11.4. The minimum absolute atomic E-state index is 0.0558. The molecule has 2 aromatic rings. The maximum absolute atomic E-state index is 11.2. The Morgan fingerprint density at radius 3 is 2.68 bits per heavy atom. The zero-order valence-corrected chi connectivity index (χ0v) is 12.1. The highest BCUT2D eigenvalue weighted by molar-refractivity contribution is 9.10. The molecular weight excluding hydrogens is 310 g/mol. The van der Waals surface area contributed by atoms with E-state index in [1.54, 1.807) is 0 Å². The van der Waals surface area contributed by atoms with E-state index in [0.29, 0.717) is 12.3 Å². The second-order valence-electron chi connectivity index (χ2n) is 3.98. The van der Waals surface area contributed by atoms with Crippen molar-refractivity contribution in [2.24, 2.45) is 0 Å². The van der Waals surface area contributed by atoms with Crippen molar-refractivity contribution in [3.05, 3.63) is 46.6 Å². The maximum atomic E-state index is 11.2. The molecule has 0 unspecified atom stereocenters. The predicted octanol–water partition coefficient (Wildman–Crippen LogP) is 2.97. The second-order valence-corrected chi connectivity index (χ2v) is 4.90. The Labute approximate surface area is 119 Å². The van der Waals surface area contributed by atoms with Gasteiger partial charge in [0.2, 0.25) is 5.91 Å². The third-order valence-electron chi connectivity index (χ3n) is 2.53. The van der Waals surface area contributed by atoms with Crippen molar-refractivity contribution in [1.82, 2.24) is 5.32 Å². The fourth-order valence-corrected chi connectivity index (χ4v) is 1.87. The topological polar surface area (TPSA) is 51.5 Å². The SMILES string of the molecule is COCC(=O)NCc1ccc(-c2ccc(Br)cc2)o1. The van der Waals surface area contributed by atoms with Crippen molar-refractivity contribution in [2.45, 2.75) is 6.54 Å². The molecule has 1 amide bonds. The number of hydrogen-bond acceptors (Lipinski definition) is 3. The summed E-state index contributed by atoms with van der Waals surface area (Å²) in [4.78, 5) is 11.2. The number of hydrogen-bond donors (Lipinski definition) is 1. The first-order valence-corrected chi connectivity index (χ1v) is 6.58. The zero-order valence-electron chi connectivity index (χ0n) is 10.5. The highest BCUT2D eigenvalue weighted by Gasteiger charge is 2.06. The first-order chi connectivity index (χ1) is 9.19. The number of benzene rings is 1. The van der Waals surface area contributed by atoms with E-state index in [4.69, 9.17) is 9.15 Å². The Hall–Kier alpha value is -1.59. The Morgan fingerprint density at radius 2 is 2.00 bits per heavy atom. The van der Waals surface area contributed by atoms with Crippen LogP contribution in [-0.4, -0.2) is 19.6 Å². The number of carbonyl (C=O) groups is 1. The molecule has 0 saturated carbocycles. The fourth-order valence-electron chi connectivity index (χ4n) is 1.61. The van der Waals surface area contributed by atoms with E-state index < -0.39 is 0 Å². The van der Waals surface area contributed by atoms with Crippen LogP contribution in [0, 0.1) is 0 Å². The van der Waals surface area contributed by atoms with Crippen LogP contribution >= 0.6 is 15.9 Å². The molecule has 1 heterocycles. The van der Waals surface area contributed by atoms with E-state index in [-0.39, 0.29) is 12.5 Å². The number of carbonyl (C=O) groups excluding carboxylic acids is 1. The molecule has 0 radical (unpaired) electrons. The minimum Gasteiger partial charge on any atom is -0.459 e. The average Bonchev–Trinajstić information content (AvgIpc) is 2.86. The van der Waals surface area contributed by atoms with Gasteiger partial charge in [0.05, 0.1) is 6.54 Å². The fraction of sp³-hybridized carbons (Fsp3) is 0.214. The highest BCUT2D eigenvalue weighted by Crippen LogP contribution is 2.23. The molecule has 2 rings (SSSR count). The summed E-state index contributed by atoms with van der Waals surface area (Å²) in [5.41, 5.74) is 0.998. The highest BCUT2D eigenvalue weighted by atomic mass is 79.9. The Kier molecular flexibility index (Phi) is 4.76. The van der Waals surface area contributed by atoms with E-state index in [2.05, 4.69) is 21.2 Å². The molecular formula is C14H14BrNO3. The van der Waals surface area contributed by atoms with Crippen LogP contribution in [0.15, 0.2) is 45.3 Å². The van der Waals surface area contributed by atoms with Crippen LogP contribution in [0.1, 0.15) is 5.76 Å². The summed E-state index contributed by atoms with van der Waals surface area (Å²) in [6, 6.07) is 11.6. The number of furan rings is 1. The van der Waals surface area contributed by atoms with Crippen molar-refractivity contribution in [2.75, 3.05) is 13.7 Å². The summed E-state index contributed by atoms with van der Waals surface area (Å²) in [5.74, 6) is 1.33. The molecule has 4 nitrogen and oxygen atoms in total. The lowest BCUT2D eigenvalue weighted by Crippen LogP contribution is -2.26. The van der Waals surface area contributed by atoms with E-state index in [9.17, 15) is 4.79 Å². The van der Waals surface area contributed by atoms with Gasteiger partial charge in [0, 0.05) is 17.1 Å². The molecule has 1 aromatic heterocycles. The van der Waals surface area contributed by atoms with Crippen LogP contribution in [0.25, 0.3) is 11.3 Å². The molecule has 0 spiro atoms. The van der Waals surface area contributed by atoms with Gasteiger partial charge < -0.3 is 14.5 Å². The van der Waals surface area contributed by atoms with E-state index in [1.165, 1.54) is 7.11 Å². The standard InChI is InChI=1S/C14H14BrNO3/c1-18-9-14(17)16-8-12-6-7-13(19-12)10-2-4-11(15)5-3-10/h2-7H,8-9H2,1H3,(H,16,17). The number of nitrogens with one attached hydrogen (secondary N) is 1. The number of halogens is 1. The van der Waals surface area contributed by atoms with Gasteiger partial charge >= 0.3 is 0 Å². The Bertz CT molecular complexity index is 548. The van der Waals surface area contributed by atoms with Crippen LogP contribution in [-0.2, 0) is 16.1 Å². The van der Waals surface area contributed by atoms with Crippen molar-refractivity contribution in [3.63, 3.8) is 0 Å². The average molecular weight is 324 g/mol. The molecule has 0 fully saturated rings. The van der Waals surface area contributed by atoms with Crippen LogP contribution in [0.2, 0.25) is 0 Å². The normalized spacial score (nSPS) is 10.4. The number of ether oxygens (including phenoxy) is 1. The number of amides is 1. The molecule has 0 atom stereocenters. The van der Waals surface area contributed by atoms with Crippen molar-refractivity contribution < 1.29 is 13.9 Å². The van der Waals surface area contributed by atoms with Gasteiger partial charge in [-0.25, -0.2) is 0 Å². The summed E-state index contributed by atoms with van der Waals surface area (Å²) in [6.45, 7) is 0.416. The van der Waals surface area contributed by atoms with Crippen LogP contribution < -0.4 is 5.32 Å². The van der Waals surface area contributed by atoms with Gasteiger partial charge in [-0.05, 0) is 24.3 Å². The molecule has 0 aliphatic rings. The summed E-state index contributed by atoms with van der Waals surface area (Å²) in [5, 5.41) is 2.71. The lowest BCUT2D eigenvalue weighted by Gasteiger charge is -2.02. The van der Waals surface area contributed by atoms with Crippen LogP contribution in [0.5, 0.6) is 0 Å². The Balaban J connectivity index is 1.99. The smallest absolute Gasteiger partial charge is 0.246 e. The second kappa shape index (κ2) is 6.54. The Morgan fingerprint density at radius 1 is 1.26 bits per heavy atom. The molecule has 100 valence electrons. The van der Waals surface area contributed by atoms with Gasteiger partial charge in [-0.1, -0.05) is 28.1 Å². The summed E-state index contributed by atoms with van der Waals surface area (Å²) >= 11 is 3.39. The van der Waals surface area contributed by atoms with Crippen LogP contribution in [0.3, 0.4) is 0 Å². The van der Waals surface area contributed by atoms with Crippen LogP contribution in [0.4, 0.5) is 0 Å². The minimum atomic E-state index is -0.163. The largest absolute Gasteiger partial charge is 0.459 e. The molecule has 1 aromatic carbocycles. The summed E-state index contributed by atoms with van der Waals surface area (Å²) in [6.07, 6.45) is 0. The molecule has 0 bridgehead atoms. The number of methoxy groups -OCH3 is 1. The molecule has 19 heavy (non-hydrogen) atoms. The van der Waals surface area contributed by atoms with Gasteiger partial charge in [-0.15, -0.1) is 0 Å². The lowest BCUT2D eigenvalue weighted by atomic mass is 10.2. The van der Waals surface area contributed by atoms with Gasteiger partial charge in [0.15, 0.2) is 0 Å². The van der Waals surface area contributed by atoms with E-state index in [0.717, 1.165) is 15.8 Å². The summed E-state index contributed by atoms with van der Waals surface area (Å²) in [7, 11) is 1.48. The number of rotatable bonds is 5. The zero-order chi connectivity index (χ0) is 13.7. The van der Waals surface area contributed by atoms with Crippen molar-refractivity contribution in [3.8, 4) is 11.3 Å². The first-order valence-electron chi connectivity index (χ1n) is 5.79. The third-order valence-corrected chi connectivity index (χ3v) is 3.05.